The Kier molecular flexibility index (Phi) is 3.54. The second-order valence-electron chi connectivity index (χ2n) is 3.54. The Hall–Kier alpha value is -1.27. The van der Waals surface area contributed by atoms with Gasteiger partial charge in [-0.1, -0.05) is 33.3 Å². The average molecular weight is 312 g/mol. The number of carbonyl (C=O) groups is 1. The summed E-state index contributed by atoms with van der Waals surface area (Å²) in [6.45, 7) is 3.82. The smallest absolute Gasteiger partial charge is 0.257 e. The molecule has 0 bridgehead atoms. The summed E-state index contributed by atoms with van der Waals surface area (Å²) < 4.78 is 0.915. The summed E-state index contributed by atoms with van der Waals surface area (Å²) in [5, 5.41) is 11.7. The number of hydrogen-bond acceptors (Lipinski definition) is 4. The minimum absolute atomic E-state index is 0.179. The standard InChI is InChI=1S/C11H10BrN3OS/c1-6-3-4-8(5-9(6)12)10(16)13-11-15-14-7(2)17-11/h3-5H,1-2H3,(H,13,15,16). The molecule has 1 aromatic carbocycles. The zero-order valence-electron chi connectivity index (χ0n) is 9.32. The van der Waals surface area contributed by atoms with E-state index in [4.69, 9.17) is 0 Å². The van der Waals surface area contributed by atoms with Crippen LogP contribution in [0.25, 0.3) is 0 Å². The molecule has 17 heavy (non-hydrogen) atoms. The molecule has 0 aliphatic heterocycles. The maximum absolute atomic E-state index is 11.9. The van der Waals surface area contributed by atoms with Gasteiger partial charge in [0.2, 0.25) is 5.13 Å². The number of anilines is 1. The molecule has 4 nitrogen and oxygen atoms in total. The molecule has 0 fully saturated rings. The minimum atomic E-state index is -0.179. The number of halogens is 1. The van der Waals surface area contributed by atoms with Gasteiger partial charge in [-0.25, -0.2) is 0 Å². The number of nitrogens with one attached hydrogen (secondary N) is 1. The van der Waals surface area contributed by atoms with Gasteiger partial charge in [0, 0.05) is 10.0 Å². The summed E-state index contributed by atoms with van der Waals surface area (Å²) in [6, 6.07) is 5.46. The van der Waals surface area contributed by atoms with Crippen molar-refractivity contribution >= 4 is 38.3 Å². The van der Waals surface area contributed by atoms with Crippen LogP contribution in [0.5, 0.6) is 0 Å². The molecule has 1 heterocycles. The molecule has 0 saturated carbocycles. The van der Waals surface area contributed by atoms with Crippen LogP contribution in [0.15, 0.2) is 22.7 Å². The fourth-order valence-corrected chi connectivity index (χ4v) is 2.22. The van der Waals surface area contributed by atoms with Gasteiger partial charge in [-0.15, -0.1) is 10.2 Å². The van der Waals surface area contributed by atoms with E-state index in [9.17, 15) is 4.79 Å². The summed E-state index contributed by atoms with van der Waals surface area (Å²) in [4.78, 5) is 11.9. The SMILES string of the molecule is Cc1nnc(NC(=O)c2ccc(C)c(Br)c2)s1. The molecule has 1 aromatic heterocycles. The molecule has 2 aromatic rings. The topological polar surface area (TPSA) is 54.9 Å². The number of benzene rings is 1. The Morgan fingerprint density at radius 3 is 2.71 bits per heavy atom. The second-order valence-corrected chi connectivity index (χ2v) is 5.58. The van der Waals surface area contributed by atoms with E-state index in [1.165, 1.54) is 11.3 Å². The maximum Gasteiger partial charge on any atom is 0.257 e. The van der Waals surface area contributed by atoms with E-state index in [0.29, 0.717) is 10.7 Å². The van der Waals surface area contributed by atoms with Crippen LogP contribution in [0.3, 0.4) is 0 Å². The Morgan fingerprint density at radius 1 is 1.35 bits per heavy atom. The number of hydrogen-bond donors (Lipinski definition) is 1. The van der Waals surface area contributed by atoms with E-state index in [1.807, 2.05) is 19.9 Å². The number of rotatable bonds is 2. The molecule has 88 valence electrons. The summed E-state index contributed by atoms with van der Waals surface area (Å²) >= 11 is 4.75. The summed E-state index contributed by atoms with van der Waals surface area (Å²) in [5.74, 6) is -0.179. The van der Waals surface area contributed by atoms with Gasteiger partial charge in [0.25, 0.3) is 5.91 Å². The lowest BCUT2D eigenvalue weighted by atomic mass is 10.1. The molecule has 0 radical (unpaired) electrons. The first-order chi connectivity index (χ1) is 8.06. The molecule has 6 heteroatoms. The number of aryl methyl sites for hydroxylation is 2. The van der Waals surface area contributed by atoms with Crippen molar-refractivity contribution in [2.45, 2.75) is 13.8 Å². The Bertz CT molecular complexity index is 568. The molecule has 0 aliphatic rings. The third-order valence-corrected chi connectivity index (χ3v) is 3.79. The Morgan fingerprint density at radius 2 is 2.12 bits per heavy atom. The van der Waals surface area contributed by atoms with Crippen LogP contribution >= 0.6 is 27.3 Å². The fraction of sp³-hybridized carbons (Fsp3) is 0.182. The van der Waals surface area contributed by atoms with E-state index in [0.717, 1.165) is 15.0 Å². The molecule has 1 N–H and O–H groups in total. The molecule has 0 unspecified atom stereocenters. The number of amides is 1. The van der Waals surface area contributed by atoms with Crippen LogP contribution in [-0.2, 0) is 0 Å². The van der Waals surface area contributed by atoms with Crippen molar-refractivity contribution in [1.82, 2.24) is 10.2 Å². The Labute approximate surface area is 111 Å². The quantitative estimate of drug-likeness (QED) is 0.926. The van der Waals surface area contributed by atoms with Crippen molar-refractivity contribution < 1.29 is 4.79 Å². The van der Waals surface area contributed by atoms with Crippen LogP contribution in [0.4, 0.5) is 5.13 Å². The lowest BCUT2D eigenvalue weighted by Crippen LogP contribution is -2.11. The van der Waals surface area contributed by atoms with Gasteiger partial charge in [-0.2, -0.15) is 0 Å². The predicted molar refractivity (Wildman–Crippen MR) is 71.5 cm³/mol. The first-order valence-electron chi connectivity index (χ1n) is 4.94. The molecular weight excluding hydrogens is 302 g/mol. The normalized spacial score (nSPS) is 10.3. The highest BCUT2D eigenvalue weighted by molar-refractivity contribution is 9.10. The van der Waals surface area contributed by atoms with E-state index >= 15 is 0 Å². The molecule has 2 rings (SSSR count). The van der Waals surface area contributed by atoms with E-state index in [-0.39, 0.29) is 5.91 Å². The van der Waals surface area contributed by atoms with Gasteiger partial charge in [0.05, 0.1) is 0 Å². The highest BCUT2D eigenvalue weighted by Crippen LogP contribution is 2.19. The van der Waals surface area contributed by atoms with Gasteiger partial charge >= 0.3 is 0 Å². The monoisotopic (exact) mass is 311 g/mol. The lowest BCUT2D eigenvalue weighted by molar-refractivity contribution is 0.102. The van der Waals surface area contributed by atoms with Crippen molar-refractivity contribution in [3.8, 4) is 0 Å². The second kappa shape index (κ2) is 4.93. The first kappa shape index (κ1) is 12.2. The minimum Gasteiger partial charge on any atom is -0.296 e. The van der Waals surface area contributed by atoms with Crippen LogP contribution < -0.4 is 5.32 Å². The molecule has 0 aliphatic carbocycles. The van der Waals surface area contributed by atoms with Crippen LogP contribution in [-0.4, -0.2) is 16.1 Å². The van der Waals surface area contributed by atoms with Gasteiger partial charge in [0.15, 0.2) is 0 Å². The van der Waals surface area contributed by atoms with Gasteiger partial charge in [-0.3, -0.25) is 10.1 Å². The van der Waals surface area contributed by atoms with E-state index < -0.39 is 0 Å². The van der Waals surface area contributed by atoms with Crippen molar-refractivity contribution in [3.63, 3.8) is 0 Å². The van der Waals surface area contributed by atoms with E-state index in [2.05, 4.69) is 31.4 Å². The Balaban J connectivity index is 2.17. The van der Waals surface area contributed by atoms with Gasteiger partial charge < -0.3 is 0 Å². The molecule has 0 atom stereocenters. The summed E-state index contributed by atoms with van der Waals surface area (Å²) in [5.41, 5.74) is 1.68. The average Bonchev–Trinajstić information content (AvgIpc) is 2.68. The lowest BCUT2D eigenvalue weighted by Gasteiger charge is -2.03. The van der Waals surface area contributed by atoms with Crippen molar-refractivity contribution in [1.29, 1.82) is 0 Å². The summed E-state index contributed by atoms with van der Waals surface area (Å²) in [7, 11) is 0. The highest BCUT2D eigenvalue weighted by atomic mass is 79.9. The molecule has 0 spiro atoms. The molecular formula is C11H10BrN3OS. The maximum atomic E-state index is 11.9. The molecule has 0 saturated heterocycles. The van der Waals surface area contributed by atoms with Crippen LogP contribution in [0, 0.1) is 13.8 Å². The highest BCUT2D eigenvalue weighted by Gasteiger charge is 2.09. The largest absolute Gasteiger partial charge is 0.296 e. The van der Waals surface area contributed by atoms with E-state index in [1.54, 1.807) is 12.1 Å². The van der Waals surface area contributed by atoms with Crippen molar-refractivity contribution in [2.24, 2.45) is 0 Å². The molecule has 1 amide bonds. The number of nitrogens with zero attached hydrogens (tertiary/aromatic N) is 2. The van der Waals surface area contributed by atoms with Gasteiger partial charge in [-0.05, 0) is 31.5 Å². The third kappa shape index (κ3) is 2.89. The van der Waals surface area contributed by atoms with Crippen molar-refractivity contribution in [2.75, 3.05) is 5.32 Å². The zero-order valence-corrected chi connectivity index (χ0v) is 11.7. The number of aromatic nitrogens is 2. The predicted octanol–water partition coefficient (Wildman–Crippen LogP) is 3.17. The fourth-order valence-electron chi connectivity index (χ4n) is 1.25. The van der Waals surface area contributed by atoms with Crippen molar-refractivity contribution in [3.05, 3.63) is 38.8 Å². The zero-order chi connectivity index (χ0) is 12.4. The van der Waals surface area contributed by atoms with Crippen LogP contribution in [0.2, 0.25) is 0 Å². The van der Waals surface area contributed by atoms with Gasteiger partial charge in [0.1, 0.15) is 5.01 Å². The van der Waals surface area contributed by atoms with Crippen LogP contribution in [0.1, 0.15) is 20.9 Å². The first-order valence-corrected chi connectivity index (χ1v) is 6.55. The third-order valence-electron chi connectivity index (χ3n) is 2.18. The number of carbonyl (C=O) groups excluding carboxylic acids is 1. The summed E-state index contributed by atoms with van der Waals surface area (Å²) in [6.07, 6.45) is 0.